The summed E-state index contributed by atoms with van der Waals surface area (Å²) in [4.78, 5) is 16.0. The standard InChI is InChI=1S/C16H21FN4O2/c1-16(2,3)21-10-19-14(20-21)15(22)18-8-11-5-6-12(9-23-4)13(17)7-11/h5-7,10H,8-9H2,1-4H3,(H,18,22). The number of amides is 1. The largest absolute Gasteiger partial charge is 0.380 e. The van der Waals surface area contributed by atoms with Crippen LogP contribution in [0.1, 0.15) is 42.5 Å². The van der Waals surface area contributed by atoms with Gasteiger partial charge in [0.25, 0.3) is 5.91 Å². The Morgan fingerprint density at radius 1 is 1.39 bits per heavy atom. The van der Waals surface area contributed by atoms with Crippen molar-refractivity contribution in [1.82, 2.24) is 20.1 Å². The molecule has 0 unspecified atom stereocenters. The van der Waals surface area contributed by atoms with Gasteiger partial charge in [-0.25, -0.2) is 14.1 Å². The molecule has 0 bridgehead atoms. The quantitative estimate of drug-likeness (QED) is 0.917. The lowest BCUT2D eigenvalue weighted by Gasteiger charge is -2.17. The third-order valence-electron chi connectivity index (χ3n) is 3.25. The van der Waals surface area contributed by atoms with Crippen LogP contribution in [-0.2, 0) is 23.4 Å². The Hall–Kier alpha value is -2.28. The van der Waals surface area contributed by atoms with E-state index in [0.29, 0.717) is 11.1 Å². The Kier molecular flexibility index (Phi) is 5.10. The molecule has 6 nitrogen and oxygen atoms in total. The average molecular weight is 320 g/mol. The number of methoxy groups -OCH3 is 1. The van der Waals surface area contributed by atoms with Gasteiger partial charge in [0, 0.05) is 19.2 Å². The Bertz CT molecular complexity index is 692. The molecule has 2 aromatic rings. The molecule has 1 aromatic heterocycles. The molecule has 0 saturated heterocycles. The lowest BCUT2D eigenvalue weighted by Crippen LogP contribution is -2.26. The first-order valence-corrected chi connectivity index (χ1v) is 7.28. The number of ether oxygens (including phenoxy) is 1. The molecular formula is C16H21FN4O2. The van der Waals surface area contributed by atoms with Crippen LogP contribution in [0.25, 0.3) is 0 Å². The Morgan fingerprint density at radius 3 is 2.70 bits per heavy atom. The summed E-state index contributed by atoms with van der Waals surface area (Å²) in [5.41, 5.74) is 0.894. The van der Waals surface area contributed by atoms with Crippen LogP contribution < -0.4 is 5.32 Å². The molecule has 0 spiro atoms. The number of halogens is 1. The molecule has 1 aromatic carbocycles. The zero-order valence-corrected chi connectivity index (χ0v) is 13.8. The van der Waals surface area contributed by atoms with E-state index in [2.05, 4.69) is 15.4 Å². The highest BCUT2D eigenvalue weighted by atomic mass is 19.1. The maximum atomic E-state index is 13.8. The van der Waals surface area contributed by atoms with Crippen molar-refractivity contribution in [1.29, 1.82) is 0 Å². The van der Waals surface area contributed by atoms with E-state index in [1.54, 1.807) is 16.8 Å². The van der Waals surface area contributed by atoms with Crippen LogP contribution in [0.2, 0.25) is 0 Å². The maximum absolute atomic E-state index is 13.8. The second-order valence-corrected chi connectivity index (χ2v) is 6.23. The highest BCUT2D eigenvalue weighted by molar-refractivity contribution is 5.90. The molecule has 1 amide bonds. The first-order valence-electron chi connectivity index (χ1n) is 7.28. The van der Waals surface area contributed by atoms with Crippen molar-refractivity contribution in [3.63, 3.8) is 0 Å². The molecule has 1 N–H and O–H groups in total. The van der Waals surface area contributed by atoms with Crippen LogP contribution >= 0.6 is 0 Å². The summed E-state index contributed by atoms with van der Waals surface area (Å²) in [6.45, 7) is 6.31. The lowest BCUT2D eigenvalue weighted by molar-refractivity contribution is 0.0939. The number of benzene rings is 1. The van der Waals surface area contributed by atoms with Crippen LogP contribution in [0.5, 0.6) is 0 Å². The highest BCUT2D eigenvalue weighted by Crippen LogP contribution is 2.12. The van der Waals surface area contributed by atoms with E-state index in [1.165, 1.54) is 19.5 Å². The van der Waals surface area contributed by atoms with Gasteiger partial charge in [-0.05, 0) is 32.4 Å². The van der Waals surface area contributed by atoms with Crippen molar-refractivity contribution in [2.24, 2.45) is 0 Å². The van der Waals surface area contributed by atoms with Crippen LogP contribution in [0.15, 0.2) is 24.5 Å². The molecule has 7 heteroatoms. The van der Waals surface area contributed by atoms with Gasteiger partial charge < -0.3 is 10.1 Å². The molecule has 0 aliphatic carbocycles. The number of rotatable bonds is 5. The molecule has 0 aliphatic rings. The summed E-state index contributed by atoms with van der Waals surface area (Å²) in [5.74, 6) is -0.653. The van der Waals surface area contributed by atoms with E-state index in [9.17, 15) is 9.18 Å². The zero-order chi connectivity index (χ0) is 17.0. The second kappa shape index (κ2) is 6.87. The summed E-state index contributed by atoms with van der Waals surface area (Å²) in [6, 6.07) is 4.78. The Balaban J connectivity index is 1.99. The molecule has 1 heterocycles. The van der Waals surface area contributed by atoms with Crippen molar-refractivity contribution in [3.8, 4) is 0 Å². The molecule has 0 aliphatic heterocycles. The fourth-order valence-electron chi connectivity index (χ4n) is 1.93. The Labute approximate surface area is 134 Å². The van der Waals surface area contributed by atoms with E-state index in [1.807, 2.05) is 20.8 Å². The molecule has 0 atom stereocenters. The van der Waals surface area contributed by atoms with Crippen molar-refractivity contribution in [2.75, 3.05) is 7.11 Å². The minimum Gasteiger partial charge on any atom is -0.380 e. The van der Waals surface area contributed by atoms with Crippen LogP contribution in [-0.4, -0.2) is 27.8 Å². The number of carbonyl (C=O) groups is 1. The summed E-state index contributed by atoms with van der Waals surface area (Å²) >= 11 is 0. The first kappa shape index (κ1) is 17.1. The molecule has 2 rings (SSSR count). The number of hydrogen-bond acceptors (Lipinski definition) is 4. The van der Waals surface area contributed by atoms with Gasteiger partial charge in [-0.15, -0.1) is 5.10 Å². The van der Waals surface area contributed by atoms with Crippen LogP contribution in [0.4, 0.5) is 4.39 Å². The zero-order valence-electron chi connectivity index (χ0n) is 13.8. The lowest BCUT2D eigenvalue weighted by atomic mass is 10.1. The molecule has 23 heavy (non-hydrogen) atoms. The van der Waals surface area contributed by atoms with Crippen LogP contribution in [0.3, 0.4) is 0 Å². The van der Waals surface area contributed by atoms with Crippen molar-refractivity contribution < 1.29 is 13.9 Å². The fraction of sp³-hybridized carbons (Fsp3) is 0.438. The van der Waals surface area contributed by atoms with Crippen molar-refractivity contribution >= 4 is 5.91 Å². The van der Waals surface area contributed by atoms with Gasteiger partial charge in [0.1, 0.15) is 12.1 Å². The SMILES string of the molecule is COCc1ccc(CNC(=O)c2ncn(C(C)(C)C)n2)cc1F. The van der Waals surface area contributed by atoms with E-state index in [0.717, 1.165) is 0 Å². The molecule has 0 saturated carbocycles. The van der Waals surface area contributed by atoms with E-state index < -0.39 is 5.91 Å². The number of hydrogen-bond donors (Lipinski definition) is 1. The monoisotopic (exact) mass is 320 g/mol. The van der Waals surface area contributed by atoms with Crippen LogP contribution in [0, 0.1) is 5.82 Å². The summed E-state index contributed by atoms with van der Waals surface area (Å²) in [6.07, 6.45) is 1.52. The van der Waals surface area contributed by atoms with Gasteiger partial charge >= 0.3 is 0 Å². The second-order valence-electron chi connectivity index (χ2n) is 6.23. The van der Waals surface area contributed by atoms with E-state index >= 15 is 0 Å². The Morgan fingerprint density at radius 2 is 2.13 bits per heavy atom. The predicted octanol–water partition coefficient (Wildman–Crippen LogP) is 2.25. The summed E-state index contributed by atoms with van der Waals surface area (Å²) < 4.78 is 20.3. The summed E-state index contributed by atoms with van der Waals surface area (Å²) in [7, 11) is 1.51. The predicted molar refractivity (Wildman–Crippen MR) is 83.3 cm³/mol. The molecular weight excluding hydrogens is 299 g/mol. The van der Waals surface area contributed by atoms with Gasteiger partial charge in [-0.2, -0.15) is 0 Å². The van der Waals surface area contributed by atoms with Gasteiger partial charge in [-0.3, -0.25) is 4.79 Å². The van der Waals surface area contributed by atoms with Gasteiger partial charge in [-0.1, -0.05) is 12.1 Å². The topological polar surface area (TPSA) is 69.0 Å². The van der Waals surface area contributed by atoms with Gasteiger partial charge in [0.05, 0.1) is 12.1 Å². The molecule has 0 fully saturated rings. The third-order valence-corrected chi connectivity index (χ3v) is 3.25. The number of aromatic nitrogens is 3. The minimum absolute atomic E-state index is 0.0939. The van der Waals surface area contributed by atoms with E-state index in [4.69, 9.17) is 4.74 Å². The van der Waals surface area contributed by atoms with Gasteiger partial charge in [0.2, 0.25) is 5.82 Å². The van der Waals surface area contributed by atoms with E-state index in [-0.39, 0.29) is 30.3 Å². The normalized spacial score (nSPS) is 11.5. The average Bonchev–Trinajstić information content (AvgIpc) is 2.97. The van der Waals surface area contributed by atoms with Crippen molar-refractivity contribution in [2.45, 2.75) is 39.5 Å². The maximum Gasteiger partial charge on any atom is 0.291 e. The van der Waals surface area contributed by atoms with Crippen molar-refractivity contribution in [3.05, 3.63) is 47.3 Å². The van der Waals surface area contributed by atoms with Gasteiger partial charge in [0.15, 0.2) is 0 Å². The number of nitrogens with zero attached hydrogens (tertiary/aromatic N) is 3. The molecule has 0 radical (unpaired) electrons. The smallest absolute Gasteiger partial charge is 0.291 e. The third kappa shape index (κ3) is 4.35. The number of nitrogens with one attached hydrogen (secondary N) is 1. The molecule has 124 valence electrons. The first-order chi connectivity index (χ1) is 10.8. The summed E-state index contributed by atoms with van der Waals surface area (Å²) in [5, 5.41) is 6.84. The number of carbonyl (C=O) groups excluding carboxylic acids is 1. The highest BCUT2D eigenvalue weighted by Gasteiger charge is 2.18. The fourth-order valence-corrected chi connectivity index (χ4v) is 1.93. The minimum atomic E-state index is -0.394.